The van der Waals surface area contributed by atoms with Gasteiger partial charge in [0.15, 0.2) is 0 Å². The minimum Gasteiger partial charge on any atom is -0.465 e. The van der Waals surface area contributed by atoms with E-state index < -0.39 is 40.5 Å². The second-order valence-corrected chi connectivity index (χ2v) is 11.0. The van der Waals surface area contributed by atoms with Gasteiger partial charge in [-0.3, -0.25) is 14.4 Å². The summed E-state index contributed by atoms with van der Waals surface area (Å²) in [6.07, 6.45) is 0.634. The molecule has 41 heavy (non-hydrogen) atoms. The molecule has 3 amide bonds. The van der Waals surface area contributed by atoms with E-state index in [0.29, 0.717) is 29.2 Å². The number of methoxy groups -OCH3 is 1. The SMILES string of the molecule is COC(=O)c1cccc(CN(NC(=O)OC(C)(C)C)C(=O)c2c(C(=O)N3CCCC3)[nH]c3cc(Cl)ccc3c2=O)c1. The highest BCUT2D eigenvalue weighted by Crippen LogP contribution is 2.21. The molecule has 4 rings (SSSR count). The molecule has 2 heterocycles. The number of amides is 3. The van der Waals surface area contributed by atoms with E-state index in [1.807, 2.05) is 0 Å². The maximum atomic E-state index is 14.1. The Bertz CT molecular complexity index is 1570. The summed E-state index contributed by atoms with van der Waals surface area (Å²) in [4.78, 5) is 70.9. The summed E-state index contributed by atoms with van der Waals surface area (Å²) < 4.78 is 10.1. The van der Waals surface area contributed by atoms with Crippen LogP contribution in [0.4, 0.5) is 4.79 Å². The fourth-order valence-corrected chi connectivity index (χ4v) is 4.68. The first-order valence-electron chi connectivity index (χ1n) is 13.0. The van der Waals surface area contributed by atoms with Gasteiger partial charge in [0.1, 0.15) is 16.9 Å². The molecule has 0 radical (unpaired) electrons. The van der Waals surface area contributed by atoms with Crippen LogP contribution in [0.2, 0.25) is 5.02 Å². The monoisotopic (exact) mass is 582 g/mol. The summed E-state index contributed by atoms with van der Waals surface area (Å²) in [5.74, 6) is -2.05. The normalized spacial score (nSPS) is 13.1. The molecule has 0 spiro atoms. The van der Waals surface area contributed by atoms with Crippen molar-refractivity contribution < 1.29 is 28.7 Å². The van der Waals surface area contributed by atoms with E-state index in [4.69, 9.17) is 21.1 Å². The summed E-state index contributed by atoms with van der Waals surface area (Å²) in [7, 11) is 1.24. The molecule has 1 saturated heterocycles. The molecular weight excluding hydrogens is 552 g/mol. The number of carbonyl (C=O) groups is 4. The predicted octanol–water partition coefficient (Wildman–Crippen LogP) is 4.29. The molecule has 11 nitrogen and oxygen atoms in total. The minimum atomic E-state index is -0.952. The summed E-state index contributed by atoms with van der Waals surface area (Å²) in [6, 6.07) is 10.7. The van der Waals surface area contributed by atoms with Crippen LogP contribution in [-0.4, -0.2) is 64.6 Å². The predicted molar refractivity (Wildman–Crippen MR) is 152 cm³/mol. The van der Waals surface area contributed by atoms with Crippen LogP contribution in [0.5, 0.6) is 0 Å². The molecule has 12 heteroatoms. The number of pyridine rings is 1. The molecule has 1 fully saturated rings. The average Bonchev–Trinajstić information content (AvgIpc) is 3.45. The Balaban J connectivity index is 1.83. The maximum absolute atomic E-state index is 14.1. The number of benzene rings is 2. The van der Waals surface area contributed by atoms with E-state index in [1.54, 1.807) is 37.8 Å². The Labute approximate surface area is 241 Å². The third-order valence-corrected chi connectivity index (χ3v) is 6.58. The Hall–Kier alpha value is -4.38. The number of aromatic nitrogens is 1. The molecule has 1 aliphatic rings. The van der Waals surface area contributed by atoms with Gasteiger partial charge in [-0.15, -0.1) is 0 Å². The Morgan fingerprint density at radius 1 is 1.07 bits per heavy atom. The molecule has 0 aliphatic carbocycles. The third kappa shape index (κ3) is 6.86. The van der Waals surface area contributed by atoms with Crippen molar-refractivity contribution in [2.75, 3.05) is 20.2 Å². The van der Waals surface area contributed by atoms with E-state index in [0.717, 1.165) is 17.9 Å². The van der Waals surface area contributed by atoms with Crippen LogP contribution < -0.4 is 10.9 Å². The standard InChI is InChI=1S/C29H31ClN4O7/c1-29(2,3)41-28(39)32-34(16-17-8-7-9-18(14-17)27(38)40-4)25(36)22-23(26(37)33-12-5-6-13-33)31-21-15-19(30)10-11-20(21)24(22)35/h7-11,14-15H,5-6,12-13,16H2,1-4H3,(H,31,35)(H,32,39). The number of nitrogens with zero attached hydrogens (tertiary/aromatic N) is 2. The molecule has 216 valence electrons. The first-order valence-corrected chi connectivity index (χ1v) is 13.4. The zero-order chi connectivity index (χ0) is 29.9. The van der Waals surface area contributed by atoms with E-state index in [9.17, 15) is 24.0 Å². The quantitative estimate of drug-likeness (QED) is 0.338. The van der Waals surface area contributed by atoms with Crippen LogP contribution in [-0.2, 0) is 16.0 Å². The highest BCUT2D eigenvalue weighted by molar-refractivity contribution is 6.31. The number of carbonyl (C=O) groups excluding carboxylic acids is 4. The second-order valence-electron chi connectivity index (χ2n) is 10.6. The van der Waals surface area contributed by atoms with Gasteiger partial charge in [-0.1, -0.05) is 23.7 Å². The van der Waals surface area contributed by atoms with Crippen molar-refractivity contribution in [3.63, 3.8) is 0 Å². The molecule has 2 aromatic carbocycles. The van der Waals surface area contributed by atoms with Crippen molar-refractivity contribution in [3.8, 4) is 0 Å². The fourth-order valence-electron chi connectivity index (χ4n) is 4.51. The third-order valence-electron chi connectivity index (χ3n) is 6.34. The number of aromatic amines is 1. The van der Waals surface area contributed by atoms with E-state index in [1.165, 1.54) is 37.4 Å². The highest BCUT2D eigenvalue weighted by atomic mass is 35.5. The van der Waals surface area contributed by atoms with E-state index >= 15 is 0 Å². The van der Waals surface area contributed by atoms with Crippen molar-refractivity contribution in [2.24, 2.45) is 0 Å². The molecule has 0 unspecified atom stereocenters. The van der Waals surface area contributed by atoms with Crippen molar-refractivity contribution >= 4 is 46.4 Å². The van der Waals surface area contributed by atoms with Crippen molar-refractivity contribution in [1.29, 1.82) is 0 Å². The van der Waals surface area contributed by atoms with Gasteiger partial charge in [0.25, 0.3) is 11.8 Å². The van der Waals surface area contributed by atoms with Gasteiger partial charge in [0, 0.05) is 23.5 Å². The van der Waals surface area contributed by atoms with E-state index in [-0.39, 0.29) is 23.2 Å². The number of halogens is 1. The lowest BCUT2D eigenvalue weighted by Gasteiger charge is -2.27. The number of ether oxygens (including phenoxy) is 2. The minimum absolute atomic E-state index is 0.139. The molecule has 3 aromatic rings. The smallest absolute Gasteiger partial charge is 0.426 e. The largest absolute Gasteiger partial charge is 0.465 e. The van der Waals surface area contributed by atoms with Gasteiger partial charge >= 0.3 is 12.1 Å². The van der Waals surface area contributed by atoms with E-state index in [2.05, 4.69) is 10.4 Å². The average molecular weight is 583 g/mol. The first-order chi connectivity index (χ1) is 19.4. The number of likely N-dealkylation sites (tertiary alicyclic amines) is 1. The van der Waals surface area contributed by atoms with Crippen molar-refractivity contribution in [3.05, 3.63) is 80.1 Å². The maximum Gasteiger partial charge on any atom is 0.426 e. The number of fused-ring (bicyclic) bond motifs is 1. The van der Waals surface area contributed by atoms with Crippen molar-refractivity contribution in [2.45, 2.75) is 45.8 Å². The summed E-state index contributed by atoms with van der Waals surface area (Å²) >= 11 is 6.14. The molecular formula is C29H31ClN4O7. The molecule has 0 bridgehead atoms. The zero-order valence-electron chi connectivity index (χ0n) is 23.2. The number of rotatable bonds is 5. The van der Waals surface area contributed by atoms with Crippen LogP contribution in [0.1, 0.15) is 70.4 Å². The number of nitrogens with one attached hydrogen (secondary N) is 2. The lowest BCUT2D eigenvalue weighted by Crippen LogP contribution is -2.49. The summed E-state index contributed by atoms with van der Waals surface area (Å²) in [5.41, 5.74) is 1.11. The fraction of sp³-hybridized carbons (Fsp3) is 0.345. The number of hydrogen-bond donors (Lipinski definition) is 2. The Kier molecular flexibility index (Phi) is 8.67. The van der Waals surface area contributed by atoms with Gasteiger partial charge in [-0.2, -0.15) is 0 Å². The molecule has 1 aliphatic heterocycles. The zero-order valence-corrected chi connectivity index (χ0v) is 24.0. The van der Waals surface area contributed by atoms with Crippen LogP contribution >= 0.6 is 11.6 Å². The topological polar surface area (TPSA) is 138 Å². The Morgan fingerprint density at radius 2 is 1.78 bits per heavy atom. The van der Waals surface area contributed by atoms with Gasteiger partial charge in [-0.25, -0.2) is 20.0 Å². The van der Waals surface area contributed by atoms with Gasteiger partial charge in [0.2, 0.25) is 5.43 Å². The number of esters is 1. The number of hydrogen-bond acceptors (Lipinski definition) is 7. The highest BCUT2D eigenvalue weighted by Gasteiger charge is 2.32. The molecule has 2 N–H and O–H groups in total. The Morgan fingerprint density at radius 3 is 2.44 bits per heavy atom. The summed E-state index contributed by atoms with van der Waals surface area (Å²) in [6.45, 7) is 5.66. The molecule has 1 aromatic heterocycles. The number of H-pyrrole nitrogens is 1. The van der Waals surface area contributed by atoms with Crippen LogP contribution in [0.15, 0.2) is 47.3 Å². The van der Waals surface area contributed by atoms with Crippen LogP contribution in [0.3, 0.4) is 0 Å². The van der Waals surface area contributed by atoms with Crippen LogP contribution in [0, 0.1) is 0 Å². The molecule has 0 atom stereocenters. The number of hydrazine groups is 1. The van der Waals surface area contributed by atoms with Gasteiger partial charge < -0.3 is 19.4 Å². The van der Waals surface area contributed by atoms with Crippen molar-refractivity contribution in [1.82, 2.24) is 20.3 Å². The lowest BCUT2D eigenvalue weighted by atomic mass is 10.1. The first kappa shape index (κ1) is 29.6. The lowest BCUT2D eigenvalue weighted by molar-refractivity contribution is 0.0280. The van der Waals surface area contributed by atoms with Crippen LogP contribution in [0.25, 0.3) is 10.9 Å². The van der Waals surface area contributed by atoms with Gasteiger partial charge in [0.05, 0.1) is 24.7 Å². The second kappa shape index (κ2) is 12.0. The van der Waals surface area contributed by atoms with Gasteiger partial charge in [-0.05, 0) is 69.5 Å². The summed E-state index contributed by atoms with van der Waals surface area (Å²) in [5, 5.41) is 1.36. The molecule has 0 saturated carbocycles.